The van der Waals surface area contributed by atoms with Crippen molar-refractivity contribution in [2.24, 2.45) is 0 Å². The number of likely N-dealkylation sites (tertiary alicyclic amines) is 1. The van der Waals surface area contributed by atoms with Crippen molar-refractivity contribution in [2.75, 3.05) is 11.9 Å². The third-order valence-corrected chi connectivity index (χ3v) is 6.40. The topological polar surface area (TPSA) is 74.3 Å². The normalized spacial score (nSPS) is 15.8. The Morgan fingerprint density at radius 1 is 1.13 bits per heavy atom. The van der Waals surface area contributed by atoms with Gasteiger partial charge in [-0.1, -0.05) is 46.3 Å². The number of halogens is 1. The van der Waals surface area contributed by atoms with Gasteiger partial charge in [-0.25, -0.2) is 9.78 Å². The fourth-order valence-electron chi connectivity index (χ4n) is 3.41. The van der Waals surface area contributed by atoms with E-state index in [1.54, 1.807) is 16.2 Å². The fraction of sp³-hybridized carbons (Fsp3) is 0.227. The van der Waals surface area contributed by atoms with E-state index in [-0.39, 0.29) is 11.9 Å². The number of benzene rings is 2. The average Bonchev–Trinajstić information content (AvgIpc) is 3.44. The lowest BCUT2D eigenvalue weighted by Crippen LogP contribution is -2.47. The van der Waals surface area contributed by atoms with Crippen LogP contribution < -0.4 is 10.6 Å². The third kappa shape index (κ3) is 4.88. The van der Waals surface area contributed by atoms with Crippen molar-refractivity contribution in [1.29, 1.82) is 0 Å². The molecular weight excluding hydrogens is 464 g/mol. The first-order valence-electron chi connectivity index (χ1n) is 9.71. The summed E-state index contributed by atoms with van der Waals surface area (Å²) in [6, 6.07) is 16.6. The second-order valence-electron chi connectivity index (χ2n) is 7.02. The van der Waals surface area contributed by atoms with Gasteiger partial charge in [0.1, 0.15) is 11.0 Å². The highest BCUT2D eigenvalue weighted by atomic mass is 79.9. The van der Waals surface area contributed by atoms with Crippen LogP contribution in [0.4, 0.5) is 10.5 Å². The number of anilines is 1. The van der Waals surface area contributed by atoms with E-state index >= 15 is 0 Å². The Morgan fingerprint density at radius 3 is 2.67 bits per heavy atom. The van der Waals surface area contributed by atoms with Gasteiger partial charge in [0.05, 0.1) is 12.2 Å². The zero-order chi connectivity index (χ0) is 20.9. The Balaban J connectivity index is 1.34. The molecular formula is C22H21BrN4O2S. The summed E-state index contributed by atoms with van der Waals surface area (Å²) < 4.78 is 0.941. The lowest BCUT2D eigenvalue weighted by Gasteiger charge is -2.24. The lowest BCUT2D eigenvalue weighted by molar-refractivity contribution is -0.124. The summed E-state index contributed by atoms with van der Waals surface area (Å²) in [7, 11) is 0. The Kier molecular flexibility index (Phi) is 6.44. The van der Waals surface area contributed by atoms with Crippen LogP contribution >= 0.6 is 27.3 Å². The van der Waals surface area contributed by atoms with E-state index in [1.807, 2.05) is 60.0 Å². The van der Waals surface area contributed by atoms with Crippen LogP contribution in [0.3, 0.4) is 0 Å². The molecule has 1 aromatic heterocycles. The van der Waals surface area contributed by atoms with Gasteiger partial charge in [0.2, 0.25) is 5.91 Å². The molecule has 6 nitrogen and oxygen atoms in total. The fourth-order valence-corrected chi connectivity index (χ4v) is 4.50. The molecule has 1 aliphatic rings. The van der Waals surface area contributed by atoms with Crippen molar-refractivity contribution >= 4 is 44.9 Å². The van der Waals surface area contributed by atoms with Gasteiger partial charge in [0.15, 0.2) is 0 Å². The number of nitrogens with one attached hydrogen (secondary N) is 2. The highest BCUT2D eigenvalue weighted by molar-refractivity contribution is 9.10. The monoisotopic (exact) mass is 484 g/mol. The summed E-state index contributed by atoms with van der Waals surface area (Å²) >= 11 is 4.93. The molecule has 0 aliphatic carbocycles. The van der Waals surface area contributed by atoms with E-state index in [4.69, 9.17) is 0 Å². The Hall–Kier alpha value is -2.71. The average molecular weight is 485 g/mol. The molecule has 30 heavy (non-hydrogen) atoms. The standard InChI is InChI=1S/C22H21BrN4O2S/c23-16-8-10-17(11-9-16)26-22(29)27-12-4-7-19(27)20(28)24-13-18-14-30-21(25-18)15-5-2-1-3-6-15/h1-3,5-6,8-11,14,19H,4,7,12-13H2,(H,24,28)(H,26,29)/t19-/m1/s1. The second kappa shape index (κ2) is 9.40. The Morgan fingerprint density at radius 2 is 1.90 bits per heavy atom. The number of amides is 3. The van der Waals surface area contributed by atoms with Gasteiger partial charge < -0.3 is 15.5 Å². The van der Waals surface area contributed by atoms with E-state index in [2.05, 4.69) is 31.5 Å². The first-order chi connectivity index (χ1) is 14.6. The minimum Gasteiger partial charge on any atom is -0.349 e. The molecule has 1 saturated heterocycles. The maximum absolute atomic E-state index is 12.7. The summed E-state index contributed by atoms with van der Waals surface area (Å²) in [5, 5.41) is 8.69. The minimum atomic E-state index is -0.465. The Labute approximate surface area is 187 Å². The maximum Gasteiger partial charge on any atom is 0.322 e. The van der Waals surface area contributed by atoms with Crippen molar-refractivity contribution < 1.29 is 9.59 Å². The number of urea groups is 1. The maximum atomic E-state index is 12.7. The number of thiazole rings is 1. The molecule has 8 heteroatoms. The number of rotatable bonds is 5. The minimum absolute atomic E-state index is 0.146. The molecule has 3 amide bonds. The molecule has 2 heterocycles. The highest BCUT2D eigenvalue weighted by Gasteiger charge is 2.34. The second-order valence-corrected chi connectivity index (χ2v) is 8.79. The van der Waals surface area contributed by atoms with Crippen molar-refractivity contribution in [1.82, 2.24) is 15.2 Å². The molecule has 3 aromatic rings. The molecule has 1 atom stereocenters. The predicted molar refractivity (Wildman–Crippen MR) is 122 cm³/mol. The molecule has 0 bridgehead atoms. The molecule has 4 rings (SSSR count). The summed E-state index contributed by atoms with van der Waals surface area (Å²) in [5.74, 6) is -0.146. The van der Waals surface area contributed by atoms with Crippen LogP contribution in [0.2, 0.25) is 0 Å². The van der Waals surface area contributed by atoms with E-state index in [0.717, 1.165) is 27.2 Å². The van der Waals surface area contributed by atoms with Crippen LogP contribution in [-0.2, 0) is 11.3 Å². The summed E-state index contributed by atoms with van der Waals surface area (Å²) in [4.78, 5) is 31.6. The largest absolute Gasteiger partial charge is 0.349 e. The zero-order valence-electron chi connectivity index (χ0n) is 16.2. The number of carbonyl (C=O) groups is 2. The van der Waals surface area contributed by atoms with Gasteiger partial charge in [-0.2, -0.15) is 0 Å². The predicted octanol–water partition coefficient (Wildman–Crippen LogP) is 4.89. The van der Waals surface area contributed by atoms with E-state index in [9.17, 15) is 9.59 Å². The molecule has 0 saturated carbocycles. The van der Waals surface area contributed by atoms with Crippen LogP contribution in [-0.4, -0.2) is 34.4 Å². The van der Waals surface area contributed by atoms with Crippen molar-refractivity contribution in [3.8, 4) is 10.6 Å². The molecule has 0 spiro atoms. The lowest BCUT2D eigenvalue weighted by atomic mass is 10.2. The summed E-state index contributed by atoms with van der Waals surface area (Å²) in [5.41, 5.74) is 2.58. The van der Waals surface area contributed by atoms with Gasteiger partial charge in [0, 0.05) is 27.6 Å². The number of carbonyl (C=O) groups excluding carboxylic acids is 2. The van der Waals surface area contributed by atoms with E-state index < -0.39 is 6.04 Å². The first kappa shape index (κ1) is 20.6. The van der Waals surface area contributed by atoms with Crippen LogP contribution in [0.5, 0.6) is 0 Å². The molecule has 2 N–H and O–H groups in total. The van der Waals surface area contributed by atoms with Crippen LogP contribution in [0, 0.1) is 0 Å². The van der Waals surface area contributed by atoms with Gasteiger partial charge >= 0.3 is 6.03 Å². The van der Waals surface area contributed by atoms with Gasteiger partial charge in [0.25, 0.3) is 0 Å². The molecule has 1 aliphatic heterocycles. The zero-order valence-corrected chi connectivity index (χ0v) is 18.6. The summed E-state index contributed by atoms with van der Waals surface area (Å²) in [6.07, 6.45) is 1.46. The summed E-state index contributed by atoms with van der Waals surface area (Å²) in [6.45, 7) is 0.913. The number of hydrogen-bond acceptors (Lipinski definition) is 4. The quantitative estimate of drug-likeness (QED) is 0.541. The van der Waals surface area contributed by atoms with Crippen LogP contribution in [0.1, 0.15) is 18.5 Å². The molecule has 2 aromatic carbocycles. The Bertz CT molecular complexity index is 1020. The van der Waals surface area contributed by atoms with E-state index in [0.29, 0.717) is 25.2 Å². The molecule has 154 valence electrons. The van der Waals surface area contributed by atoms with Crippen LogP contribution in [0.15, 0.2) is 64.5 Å². The van der Waals surface area contributed by atoms with Crippen molar-refractivity contribution in [3.05, 3.63) is 70.1 Å². The number of hydrogen-bond donors (Lipinski definition) is 2. The van der Waals surface area contributed by atoms with Crippen molar-refractivity contribution in [2.45, 2.75) is 25.4 Å². The molecule has 0 radical (unpaired) electrons. The number of aromatic nitrogens is 1. The highest BCUT2D eigenvalue weighted by Crippen LogP contribution is 2.24. The van der Waals surface area contributed by atoms with Crippen molar-refractivity contribution in [3.63, 3.8) is 0 Å². The van der Waals surface area contributed by atoms with Gasteiger partial charge in [-0.15, -0.1) is 11.3 Å². The van der Waals surface area contributed by atoms with E-state index in [1.165, 1.54) is 0 Å². The number of nitrogens with zero attached hydrogens (tertiary/aromatic N) is 2. The van der Waals surface area contributed by atoms with Gasteiger partial charge in [-0.05, 0) is 37.1 Å². The molecule has 1 fully saturated rings. The molecule has 0 unspecified atom stereocenters. The SMILES string of the molecule is O=C(NCc1csc(-c2ccccc2)n1)[C@H]1CCCN1C(=O)Nc1ccc(Br)cc1. The first-order valence-corrected chi connectivity index (χ1v) is 11.4. The van der Waals surface area contributed by atoms with Gasteiger partial charge in [-0.3, -0.25) is 4.79 Å². The third-order valence-electron chi connectivity index (χ3n) is 4.93. The van der Waals surface area contributed by atoms with Crippen LogP contribution in [0.25, 0.3) is 10.6 Å². The smallest absolute Gasteiger partial charge is 0.322 e.